The lowest BCUT2D eigenvalue weighted by Gasteiger charge is -2.02. The van der Waals surface area contributed by atoms with Crippen LogP contribution in [-0.2, 0) is 13.0 Å². The molecule has 3 nitrogen and oxygen atoms in total. The van der Waals surface area contributed by atoms with Crippen molar-refractivity contribution in [2.45, 2.75) is 26.8 Å². The number of aryl methyl sites for hydroxylation is 2. The molecular formula is C14H15N3S2. The highest BCUT2D eigenvalue weighted by atomic mass is 32.1. The summed E-state index contributed by atoms with van der Waals surface area (Å²) in [5.41, 5.74) is 3.49. The second-order valence-electron chi connectivity index (χ2n) is 4.56. The SMILES string of the molecule is CCc1cnc(Cn2c(=S)[nH]c3c(C)cccc32)s1. The molecule has 0 fully saturated rings. The summed E-state index contributed by atoms with van der Waals surface area (Å²) in [4.78, 5) is 9.08. The van der Waals surface area contributed by atoms with Gasteiger partial charge < -0.3 is 9.55 Å². The lowest BCUT2D eigenvalue weighted by atomic mass is 10.2. The fraction of sp³-hybridized carbons (Fsp3) is 0.286. The van der Waals surface area contributed by atoms with Crippen molar-refractivity contribution < 1.29 is 0 Å². The summed E-state index contributed by atoms with van der Waals surface area (Å²) in [6.45, 7) is 4.99. The first-order valence-electron chi connectivity index (χ1n) is 6.30. The van der Waals surface area contributed by atoms with Crippen molar-refractivity contribution in [2.24, 2.45) is 0 Å². The van der Waals surface area contributed by atoms with Crippen molar-refractivity contribution in [2.75, 3.05) is 0 Å². The van der Waals surface area contributed by atoms with Crippen LogP contribution in [0, 0.1) is 11.7 Å². The van der Waals surface area contributed by atoms with Crippen LogP contribution in [0.1, 0.15) is 22.4 Å². The highest BCUT2D eigenvalue weighted by molar-refractivity contribution is 7.71. The second-order valence-corrected chi connectivity index (χ2v) is 6.15. The molecule has 3 aromatic rings. The van der Waals surface area contributed by atoms with Crippen LogP contribution >= 0.6 is 23.6 Å². The molecule has 0 bridgehead atoms. The summed E-state index contributed by atoms with van der Waals surface area (Å²) < 4.78 is 2.88. The van der Waals surface area contributed by atoms with E-state index in [1.165, 1.54) is 10.4 Å². The number of para-hydroxylation sites is 1. The number of nitrogens with one attached hydrogen (secondary N) is 1. The standard InChI is InChI=1S/C14H15N3S2/c1-3-10-7-15-12(19-10)8-17-11-6-4-5-9(2)13(11)16-14(17)18/h4-7H,3,8H2,1-2H3,(H,16,18). The molecule has 1 N–H and O–H groups in total. The normalized spacial score (nSPS) is 11.3. The van der Waals surface area contributed by atoms with Crippen LogP contribution in [0.3, 0.4) is 0 Å². The average molecular weight is 289 g/mol. The molecule has 5 heteroatoms. The van der Waals surface area contributed by atoms with Gasteiger partial charge >= 0.3 is 0 Å². The number of rotatable bonds is 3. The second kappa shape index (κ2) is 4.90. The number of hydrogen-bond donors (Lipinski definition) is 1. The maximum absolute atomic E-state index is 5.43. The molecule has 0 unspecified atom stereocenters. The molecule has 1 aromatic carbocycles. The van der Waals surface area contributed by atoms with Gasteiger partial charge in [-0.05, 0) is 37.2 Å². The highest BCUT2D eigenvalue weighted by Crippen LogP contribution is 2.21. The lowest BCUT2D eigenvalue weighted by Crippen LogP contribution is -1.98. The van der Waals surface area contributed by atoms with Gasteiger partial charge in [-0.3, -0.25) is 0 Å². The largest absolute Gasteiger partial charge is 0.330 e. The number of fused-ring (bicyclic) bond motifs is 1. The highest BCUT2D eigenvalue weighted by Gasteiger charge is 2.08. The molecular weight excluding hydrogens is 274 g/mol. The van der Waals surface area contributed by atoms with Gasteiger partial charge in [-0.15, -0.1) is 11.3 Å². The van der Waals surface area contributed by atoms with Gasteiger partial charge in [0, 0.05) is 11.1 Å². The molecule has 98 valence electrons. The molecule has 0 radical (unpaired) electrons. The van der Waals surface area contributed by atoms with Crippen LogP contribution in [0.4, 0.5) is 0 Å². The number of imidazole rings is 1. The molecule has 19 heavy (non-hydrogen) atoms. The number of benzene rings is 1. The monoisotopic (exact) mass is 289 g/mol. The predicted molar refractivity (Wildman–Crippen MR) is 82.5 cm³/mol. The summed E-state index contributed by atoms with van der Waals surface area (Å²) >= 11 is 7.19. The van der Waals surface area contributed by atoms with Gasteiger partial charge in [0.15, 0.2) is 4.77 Å². The summed E-state index contributed by atoms with van der Waals surface area (Å²) in [6.07, 6.45) is 3.00. The van der Waals surface area contributed by atoms with Crippen LogP contribution in [-0.4, -0.2) is 14.5 Å². The van der Waals surface area contributed by atoms with E-state index in [-0.39, 0.29) is 0 Å². The molecule has 2 aromatic heterocycles. The van der Waals surface area contributed by atoms with Crippen molar-refractivity contribution in [3.8, 4) is 0 Å². The fourth-order valence-electron chi connectivity index (χ4n) is 2.20. The number of thiazole rings is 1. The van der Waals surface area contributed by atoms with E-state index in [1.807, 2.05) is 6.20 Å². The Balaban J connectivity index is 2.07. The Labute approximate surface area is 120 Å². The predicted octanol–water partition coefficient (Wildman–Crippen LogP) is 4.07. The van der Waals surface area contributed by atoms with Gasteiger partial charge in [0.05, 0.1) is 17.6 Å². The van der Waals surface area contributed by atoms with E-state index in [9.17, 15) is 0 Å². The van der Waals surface area contributed by atoms with Crippen molar-refractivity contribution in [3.05, 3.63) is 44.6 Å². The van der Waals surface area contributed by atoms with Crippen molar-refractivity contribution in [1.29, 1.82) is 0 Å². The summed E-state index contributed by atoms with van der Waals surface area (Å²) in [6, 6.07) is 6.26. The molecule has 0 aliphatic heterocycles. The quantitative estimate of drug-likeness (QED) is 0.737. The van der Waals surface area contributed by atoms with E-state index >= 15 is 0 Å². The third-order valence-electron chi connectivity index (χ3n) is 3.26. The number of hydrogen-bond acceptors (Lipinski definition) is 3. The topological polar surface area (TPSA) is 33.6 Å². The summed E-state index contributed by atoms with van der Waals surface area (Å²) in [5, 5.41) is 1.11. The zero-order valence-electron chi connectivity index (χ0n) is 10.9. The third kappa shape index (κ3) is 2.24. The third-order valence-corrected chi connectivity index (χ3v) is 4.71. The minimum atomic E-state index is 0.743. The van der Waals surface area contributed by atoms with Crippen LogP contribution in [0.2, 0.25) is 0 Å². The Morgan fingerprint density at radius 1 is 1.42 bits per heavy atom. The minimum Gasteiger partial charge on any atom is -0.330 e. The number of H-pyrrole nitrogens is 1. The van der Waals surface area contributed by atoms with Crippen LogP contribution < -0.4 is 0 Å². The molecule has 0 aliphatic rings. The van der Waals surface area contributed by atoms with E-state index in [1.54, 1.807) is 11.3 Å². The first-order chi connectivity index (χ1) is 9.19. The van der Waals surface area contributed by atoms with E-state index in [4.69, 9.17) is 12.2 Å². The first kappa shape index (κ1) is 12.6. The Morgan fingerprint density at radius 2 is 2.26 bits per heavy atom. The Bertz CT molecular complexity index is 779. The van der Waals surface area contributed by atoms with E-state index in [0.717, 1.165) is 33.8 Å². The van der Waals surface area contributed by atoms with Gasteiger partial charge in [-0.25, -0.2) is 4.98 Å². The van der Waals surface area contributed by atoms with Crippen molar-refractivity contribution >= 4 is 34.6 Å². The maximum Gasteiger partial charge on any atom is 0.178 e. The van der Waals surface area contributed by atoms with Crippen molar-refractivity contribution in [3.63, 3.8) is 0 Å². The maximum atomic E-state index is 5.43. The van der Waals surface area contributed by atoms with Crippen molar-refractivity contribution in [1.82, 2.24) is 14.5 Å². The smallest absolute Gasteiger partial charge is 0.178 e. The van der Waals surface area contributed by atoms with Gasteiger partial charge in [-0.2, -0.15) is 0 Å². The number of aromatic nitrogens is 3. The molecule has 0 saturated carbocycles. The Morgan fingerprint density at radius 3 is 3.00 bits per heavy atom. The molecule has 0 atom stereocenters. The Kier molecular flexibility index (Phi) is 3.24. The fourth-order valence-corrected chi connectivity index (χ4v) is 3.32. The number of aromatic amines is 1. The van der Waals surface area contributed by atoms with Crippen LogP contribution in [0.5, 0.6) is 0 Å². The molecule has 0 amide bonds. The average Bonchev–Trinajstić information content (AvgIpc) is 2.97. The summed E-state index contributed by atoms with van der Waals surface area (Å²) in [7, 11) is 0. The van der Waals surface area contributed by atoms with Gasteiger partial charge in [0.1, 0.15) is 5.01 Å². The van der Waals surface area contributed by atoms with Gasteiger partial charge in [0.25, 0.3) is 0 Å². The lowest BCUT2D eigenvalue weighted by molar-refractivity contribution is 0.803. The zero-order chi connectivity index (χ0) is 13.4. The van der Waals surface area contributed by atoms with Crippen LogP contribution in [0.15, 0.2) is 24.4 Å². The van der Waals surface area contributed by atoms with E-state index < -0.39 is 0 Å². The molecule has 0 aliphatic carbocycles. The van der Waals surface area contributed by atoms with Gasteiger partial charge in [0.2, 0.25) is 0 Å². The van der Waals surface area contributed by atoms with E-state index in [0.29, 0.717) is 0 Å². The van der Waals surface area contributed by atoms with Gasteiger partial charge in [-0.1, -0.05) is 19.1 Å². The summed E-state index contributed by atoms with van der Waals surface area (Å²) in [5.74, 6) is 0. The first-order valence-corrected chi connectivity index (χ1v) is 7.53. The minimum absolute atomic E-state index is 0.743. The van der Waals surface area contributed by atoms with E-state index in [2.05, 4.69) is 46.6 Å². The molecule has 0 saturated heterocycles. The zero-order valence-corrected chi connectivity index (χ0v) is 12.6. The van der Waals surface area contributed by atoms with Crippen LogP contribution in [0.25, 0.3) is 11.0 Å². The molecule has 3 rings (SSSR count). The number of nitrogens with zero attached hydrogens (tertiary/aromatic N) is 2. The molecule has 0 spiro atoms. The Hall–Kier alpha value is -1.46. The molecule has 2 heterocycles.